The second-order valence-corrected chi connectivity index (χ2v) is 4.81. The van der Waals surface area contributed by atoms with Gasteiger partial charge in [0.1, 0.15) is 0 Å². The van der Waals surface area contributed by atoms with E-state index in [9.17, 15) is 0 Å². The van der Waals surface area contributed by atoms with Gasteiger partial charge in [0, 0.05) is 12.1 Å². The Morgan fingerprint density at radius 2 is 1.77 bits per heavy atom. The fourth-order valence-electron chi connectivity index (χ4n) is 2.68. The highest BCUT2D eigenvalue weighted by Gasteiger charge is 2.24. The van der Waals surface area contributed by atoms with Gasteiger partial charge in [-0.2, -0.15) is 0 Å². The fourth-order valence-corrected chi connectivity index (χ4v) is 2.68. The van der Waals surface area contributed by atoms with E-state index in [4.69, 9.17) is 0 Å². The maximum absolute atomic E-state index is 3.81. The number of piperidine rings is 1. The summed E-state index contributed by atoms with van der Waals surface area (Å²) >= 11 is 0. The van der Waals surface area contributed by atoms with Gasteiger partial charge in [0.25, 0.3) is 0 Å². The molecular weight excluding hydrogens is 160 g/mol. The number of hydrogen-bond acceptors (Lipinski definition) is 2. The largest absolute Gasteiger partial charge is 0.317 e. The van der Waals surface area contributed by atoms with Crippen molar-refractivity contribution in [2.24, 2.45) is 5.92 Å². The molecule has 0 aromatic rings. The van der Waals surface area contributed by atoms with E-state index in [2.05, 4.69) is 17.6 Å². The van der Waals surface area contributed by atoms with Gasteiger partial charge in [-0.15, -0.1) is 0 Å². The standard InChI is InChI=1S/C11H22N2/c1-9-2-3-11(8-9)13-10-4-6-12-7-5-10/h9-13H,2-8H2,1H3. The van der Waals surface area contributed by atoms with Crippen LogP contribution in [0.25, 0.3) is 0 Å². The van der Waals surface area contributed by atoms with E-state index in [-0.39, 0.29) is 0 Å². The molecule has 2 heteroatoms. The molecule has 2 nitrogen and oxygen atoms in total. The second-order valence-electron chi connectivity index (χ2n) is 4.81. The Bertz CT molecular complexity index is 149. The van der Waals surface area contributed by atoms with Crippen LogP contribution in [0.5, 0.6) is 0 Å². The van der Waals surface area contributed by atoms with Gasteiger partial charge >= 0.3 is 0 Å². The average Bonchev–Trinajstić information content (AvgIpc) is 2.53. The summed E-state index contributed by atoms with van der Waals surface area (Å²) in [6.07, 6.45) is 6.90. The topological polar surface area (TPSA) is 24.1 Å². The Morgan fingerprint density at radius 3 is 2.38 bits per heavy atom. The molecular formula is C11H22N2. The van der Waals surface area contributed by atoms with Crippen LogP contribution in [0.3, 0.4) is 0 Å². The van der Waals surface area contributed by atoms with Gasteiger partial charge in [0.15, 0.2) is 0 Å². The van der Waals surface area contributed by atoms with Crippen molar-refractivity contribution in [2.45, 2.75) is 51.1 Å². The molecule has 2 fully saturated rings. The summed E-state index contributed by atoms with van der Waals surface area (Å²) in [6, 6.07) is 1.63. The quantitative estimate of drug-likeness (QED) is 0.676. The summed E-state index contributed by atoms with van der Waals surface area (Å²) in [6.45, 7) is 4.80. The van der Waals surface area contributed by atoms with Gasteiger partial charge in [-0.3, -0.25) is 0 Å². The third-order valence-corrected chi connectivity index (χ3v) is 3.51. The van der Waals surface area contributed by atoms with Gasteiger partial charge < -0.3 is 10.6 Å². The molecule has 0 amide bonds. The lowest BCUT2D eigenvalue weighted by Crippen LogP contribution is -2.43. The number of hydrogen-bond donors (Lipinski definition) is 2. The third kappa shape index (κ3) is 2.68. The molecule has 2 N–H and O–H groups in total. The van der Waals surface area contributed by atoms with Crippen molar-refractivity contribution >= 4 is 0 Å². The Hall–Kier alpha value is -0.0800. The first kappa shape index (κ1) is 9.47. The Labute approximate surface area is 81.5 Å². The van der Waals surface area contributed by atoms with E-state index in [0.717, 1.165) is 18.0 Å². The highest BCUT2D eigenvalue weighted by atomic mass is 15.0. The first-order valence-electron chi connectivity index (χ1n) is 5.81. The van der Waals surface area contributed by atoms with Crippen LogP contribution in [0.15, 0.2) is 0 Å². The molecule has 2 atom stereocenters. The van der Waals surface area contributed by atoms with Crippen LogP contribution >= 0.6 is 0 Å². The van der Waals surface area contributed by atoms with Crippen LogP contribution in [-0.2, 0) is 0 Å². The molecule has 0 spiro atoms. The molecule has 76 valence electrons. The SMILES string of the molecule is CC1CCC(NC2CCNCC2)C1. The third-order valence-electron chi connectivity index (χ3n) is 3.51. The lowest BCUT2D eigenvalue weighted by atomic mass is 10.0. The highest BCUT2D eigenvalue weighted by Crippen LogP contribution is 2.25. The molecule has 1 aliphatic carbocycles. The molecule has 0 bridgehead atoms. The minimum atomic E-state index is 0.802. The lowest BCUT2D eigenvalue weighted by Gasteiger charge is -2.27. The molecule has 2 aliphatic rings. The van der Waals surface area contributed by atoms with Crippen molar-refractivity contribution in [2.75, 3.05) is 13.1 Å². The van der Waals surface area contributed by atoms with Crippen LogP contribution in [0.4, 0.5) is 0 Å². The van der Waals surface area contributed by atoms with Gasteiger partial charge in [0.2, 0.25) is 0 Å². The van der Waals surface area contributed by atoms with Crippen molar-refractivity contribution in [3.63, 3.8) is 0 Å². The summed E-state index contributed by atoms with van der Waals surface area (Å²) in [7, 11) is 0. The normalized spacial score (nSPS) is 36.7. The van der Waals surface area contributed by atoms with E-state index in [1.807, 2.05) is 0 Å². The van der Waals surface area contributed by atoms with Crippen LogP contribution < -0.4 is 10.6 Å². The van der Waals surface area contributed by atoms with E-state index >= 15 is 0 Å². The molecule has 13 heavy (non-hydrogen) atoms. The van der Waals surface area contributed by atoms with Crippen LogP contribution in [0.2, 0.25) is 0 Å². The molecule has 1 saturated carbocycles. The zero-order valence-electron chi connectivity index (χ0n) is 8.68. The minimum absolute atomic E-state index is 0.802. The summed E-state index contributed by atoms with van der Waals surface area (Å²) in [5.74, 6) is 0.958. The fraction of sp³-hybridized carbons (Fsp3) is 1.00. The molecule has 0 radical (unpaired) electrons. The van der Waals surface area contributed by atoms with E-state index in [0.29, 0.717) is 0 Å². The molecule has 1 heterocycles. The van der Waals surface area contributed by atoms with Crippen molar-refractivity contribution in [1.82, 2.24) is 10.6 Å². The van der Waals surface area contributed by atoms with Crippen molar-refractivity contribution in [1.29, 1.82) is 0 Å². The smallest absolute Gasteiger partial charge is 0.00938 e. The van der Waals surface area contributed by atoms with E-state index in [1.165, 1.54) is 45.2 Å². The highest BCUT2D eigenvalue weighted by molar-refractivity contribution is 4.83. The van der Waals surface area contributed by atoms with E-state index in [1.54, 1.807) is 0 Å². The Kier molecular flexibility index (Phi) is 3.23. The van der Waals surface area contributed by atoms with E-state index < -0.39 is 0 Å². The summed E-state index contributed by atoms with van der Waals surface area (Å²) in [5, 5.41) is 7.22. The second kappa shape index (κ2) is 4.43. The molecule has 0 aromatic carbocycles. The Morgan fingerprint density at radius 1 is 1.00 bits per heavy atom. The maximum atomic E-state index is 3.81. The van der Waals surface area contributed by atoms with Crippen LogP contribution in [0, 0.1) is 5.92 Å². The molecule has 2 rings (SSSR count). The predicted octanol–water partition coefficient (Wildman–Crippen LogP) is 1.52. The summed E-state index contributed by atoms with van der Waals surface area (Å²) in [5.41, 5.74) is 0. The molecule has 1 saturated heterocycles. The van der Waals surface area contributed by atoms with Crippen LogP contribution in [-0.4, -0.2) is 25.2 Å². The monoisotopic (exact) mass is 182 g/mol. The van der Waals surface area contributed by atoms with Gasteiger partial charge in [-0.05, 0) is 51.1 Å². The van der Waals surface area contributed by atoms with Crippen molar-refractivity contribution in [3.05, 3.63) is 0 Å². The summed E-state index contributed by atoms with van der Waals surface area (Å²) < 4.78 is 0. The van der Waals surface area contributed by atoms with Crippen LogP contribution in [0.1, 0.15) is 39.0 Å². The van der Waals surface area contributed by atoms with Gasteiger partial charge in [0.05, 0.1) is 0 Å². The minimum Gasteiger partial charge on any atom is -0.317 e. The number of rotatable bonds is 2. The first-order valence-corrected chi connectivity index (χ1v) is 5.81. The predicted molar refractivity (Wildman–Crippen MR) is 55.8 cm³/mol. The van der Waals surface area contributed by atoms with Crippen molar-refractivity contribution in [3.8, 4) is 0 Å². The molecule has 0 aromatic heterocycles. The van der Waals surface area contributed by atoms with Crippen molar-refractivity contribution < 1.29 is 0 Å². The van der Waals surface area contributed by atoms with Gasteiger partial charge in [-0.1, -0.05) is 6.92 Å². The molecule has 2 unspecified atom stereocenters. The average molecular weight is 182 g/mol. The number of nitrogens with one attached hydrogen (secondary N) is 2. The zero-order valence-corrected chi connectivity index (χ0v) is 8.68. The summed E-state index contributed by atoms with van der Waals surface area (Å²) in [4.78, 5) is 0. The first-order chi connectivity index (χ1) is 6.34. The molecule has 1 aliphatic heterocycles. The Balaban J connectivity index is 1.71. The lowest BCUT2D eigenvalue weighted by molar-refractivity contribution is 0.345. The maximum Gasteiger partial charge on any atom is 0.00938 e. The van der Waals surface area contributed by atoms with Gasteiger partial charge in [-0.25, -0.2) is 0 Å². The zero-order chi connectivity index (χ0) is 9.10.